The standard InChI is InChI=1S/C36H32O13/c1-44-27-6-15(7-28(45-2)33(27)42)29-16-9-25-26(48-13-47-25)10-17(16)30(19-12-46-36(43)31(19)29)32-23(40)11-21(38)18-8-24(41)34(49-35(18)32)14-3-4-20(37)22(39)5-14/h3-7,9-11,19,24,29-31,34,37-42H,8,12-13H2,1-2H3/t19-,24+,29-,30-,31+,34-/m1/s1. The SMILES string of the molecule is COc1cc([C@@H]2c3cc4c(cc3[C@@H](c3c(O)cc(O)c5c3O[C@H](c3ccc(O)c(O)c3)[C@@H](O)C5)[C@H]3COC(=O)[C@H]23)OCO4)cc(OC)c1O. The van der Waals surface area contributed by atoms with Gasteiger partial charge in [0.05, 0.1) is 32.8 Å². The van der Waals surface area contributed by atoms with Gasteiger partial charge in [-0.15, -0.1) is 0 Å². The van der Waals surface area contributed by atoms with Gasteiger partial charge in [0.1, 0.15) is 23.4 Å². The van der Waals surface area contributed by atoms with Crippen molar-refractivity contribution in [1.29, 1.82) is 0 Å². The number of fused-ring (bicyclic) bond motifs is 4. The molecule has 3 aliphatic heterocycles. The summed E-state index contributed by atoms with van der Waals surface area (Å²) in [5.74, 6) is -3.51. The second kappa shape index (κ2) is 11.2. The maximum Gasteiger partial charge on any atom is 0.310 e. The number of aliphatic hydroxyl groups is 1. The fraction of sp³-hybridized carbons (Fsp3) is 0.306. The van der Waals surface area contributed by atoms with Crippen molar-refractivity contribution >= 4 is 5.97 Å². The minimum atomic E-state index is -1.17. The van der Waals surface area contributed by atoms with Crippen LogP contribution in [0.5, 0.6) is 57.5 Å². The van der Waals surface area contributed by atoms with Crippen molar-refractivity contribution in [3.63, 3.8) is 0 Å². The minimum Gasteiger partial charge on any atom is -0.507 e. The van der Waals surface area contributed by atoms with Crippen molar-refractivity contribution in [3.8, 4) is 57.5 Å². The van der Waals surface area contributed by atoms with E-state index in [0.717, 1.165) is 0 Å². The monoisotopic (exact) mass is 672 g/mol. The first-order valence-corrected chi connectivity index (χ1v) is 15.6. The lowest BCUT2D eigenvalue weighted by molar-refractivity contribution is -0.141. The second-order valence-corrected chi connectivity index (χ2v) is 12.6. The summed E-state index contributed by atoms with van der Waals surface area (Å²) in [7, 11) is 2.82. The summed E-state index contributed by atoms with van der Waals surface area (Å²) < 4.78 is 34.6. The molecule has 6 atom stereocenters. The quantitative estimate of drug-likeness (QED) is 0.131. The highest BCUT2D eigenvalue weighted by atomic mass is 16.7. The van der Waals surface area contributed by atoms with E-state index in [4.69, 9.17) is 28.4 Å². The molecule has 8 rings (SSSR count). The molecule has 0 saturated carbocycles. The van der Waals surface area contributed by atoms with Crippen molar-refractivity contribution < 1.29 is 63.9 Å². The van der Waals surface area contributed by atoms with E-state index < -0.39 is 47.6 Å². The first-order chi connectivity index (χ1) is 23.6. The Morgan fingerprint density at radius 3 is 2.06 bits per heavy atom. The van der Waals surface area contributed by atoms with E-state index in [9.17, 15) is 35.4 Å². The van der Waals surface area contributed by atoms with Crippen LogP contribution in [0.15, 0.2) is 48.5 Å². The molecule has 4 aromatic carbocycles. The van der Waals surface area contributed by atoms with Crippen molar-refractivity contribution in [3.05, 3.63) is 81.9 Å². The highest BCUT2D eigenvalue weighted by Crippen LogP contribution is 2.61. The molecule has 3 heterocycles. The lowest BCUT2D eigenvalue weighted by Crippen LogP contribution is -2.36. The molecule has 0 spiro atoms. The Balaban J connectivity index is 1.36. The summed E-state index contributed by atoms with van der Waals surface area (Å²) in [6, 6.07) is 12.1. The van der Waals surface area contributed by atoms with E-state index in [2.05, 4.69) is 0 Å². The lowest BCUT2D eigenvalue weighted by atomic mass is 9.61. The van der Waals surface area contributed by atoms with Gasteiger partial charge in [-0.05, 0) is 58.7 Å². The van der Waals surface area contributed by atoms with Crippen LogP contribution in [0.1, 0.15) is 51.3 Å². The van der Waals surface area contributed by atoms with E-state index in [1.807, 2.05) is 0 Å². The van der Waals surface area contributed by atoms with Gasteiger partial charge in [0, 0.05) is 41.4 Å². The number of benzene rings is 4. The van der Waals surface area contributed by atoms with Crippen LogP contribution >= 0.6 is 0 Å². The molecular formula is C36H32O13. The number of methoxy groups -OCH3 is 2. The largest absolute Gasteiger partial charge is 0.507 e. The van der Waals surface area contributed by atoms with Crippen molar-refractivity contribution in [2.45, 2.75) is 30.5 Å². The van der Waals surface area contributed by atoms with Gasteiger partial charge in [0.25, 0.3) is 0 Å². The van der Waals surface area contributed by atoms with Gasteiger partial charge in [0.15, 0.2) is 34.5 Å². The van der Waals surface area contributed by atoms with E-state index in [1.165, 1.54) is 38.5 Å². The topological polar surface area (TPSA) is 194 Å². The van der Waals surface area contributed by atoms with E-state index >= 15 is 0 Å². The van der Waals surface area contributed by atoms with Gasteiger partial charge in [-0.1, -0.05) is 6.07 Å². The minimum absolute atomic E-state index is 0.0160. The zero-order chi connectivity index (χ0) is 34.3. The third-order valence-corrected chi connectivity index (χ3v) is 10.1. The molecule has 0 bridgehead atoms. The number of hydrogen-bond acceptors (Lipinski definition) is 13. The number of phenolic OH excluding ortho intramolecular Hbond substituents is 5. The van der Waals surface area contributed by atoms with Gasteiger partial charge in [0.2, 0.25) is 12.5 Å². The van der Waals surface area contributed by atoms with Crippen LogP contribution in [0.3, 0.4) is 0 Å². The summed E-state index contributed by atoms with van der Waals surface area (Å²) in [4.78, 5) is 13.8. The Morgan fingerprint density at radius 2 is 1.41 bits per heavy atom. The first-order valence-electron chi connectivity index (χ1n) is 15.6. The number of ether oxygens (including phenoxy) is 6. The zero-order valence-corrected chi connectivity index (χ0v) is 26.2. The molecule has 13 heteroatoms. The van der Waals surface area contributed by atoms with Crippen molar-refractivity contribution in [2.75, 3.05) is 27.6 Å². The Labute approximate surface area is 279 Å². The van der Waals surface area contributed by atoms with E-state index in [1.54, 1.807) is 24.3 Å². The van der Waals surface area contributed by atoms with Crippen LogP contribution in [-0.2, 0) is 16.0 Å². The molecular weight excluding hydrogens is 640 g/mol. The fourth-order valence-corrected chi connectivity index (χ4v) is 7.88. The molecule has 1 fully saturated rings. The van der Waals surface area contributed by atoms with Crippen LogP contribution in [-0.4, -0.2) is 70.3 Å². The second-order valence-electron chi connectivity index (χ2n) is 12.6. The average molecular weight is 673 g/mol. The number of aliphatic hydroxyl groups excluding tert-OH is 1. The molecule has 49 heavy (non-hydrogen) atoms. The molecule has 0 unspecified atom stereocenters. The van der Waals surface area contributed by atoms with E-state index in [0.29, 0.717) is 33.8 Å². The number of carbonyl (C=O) groups is 1. The predicted molar refractivity (Wildman–Crippen MR) is 168 cm³/mol. The van der Waals surface area contributed by atoms with Crippen LogP contribution in [0.25, 0.3) is 0 Å². The molecule has 1 aliphatic carbocycles. The number of phenols is 5. The van der Waals surface area contributed by atoms with Crippen molar-refractivity contribution in [2.24, 2.45) is 11.8 Å². The van der Waals surface area contributed by atoms with Crippen molar-refractivity contribution in [1.82, 2.24) is 0 Å². The van der Waals surface area contributed by atoms with Gasteiger partial charge in [-0.25, -0.2) is 0 Å². The Bertz CT molecular complexity index is 2000. The van der Waals surface area contributed by atoms with Crippen LogP contribution < -0.4 is 23.7 Å². The van der Waals surface area contributed by atoms with Gasteiger partial charge in [-0.2, -0.15) is 0 Å². The summed E-state index contributed by atoms with van der Waals surface area (Å²) in [6.45, 7) is -0.0385. The number of hydrogen-bond donors (Lipinski definition) is 6. The molecule has 0 amide bonds. The zero-order valence-electron chi connectivity index (χ0n) is 26.2. The molecule has 6 N–H and O–H groups in total. The number of aromatic hydroxyl groups is 5. The predicted octanol–water partition coefficient (Wildman–Crippen LogP) is 4.06. The first kappa shape index (κ1) is 30.6. The highest BCUT2D eigenvalue weighted by Gasteiger charge is 2.54. The molecule has 4 aliphatic rings. The third-order valence-electron chi connectivity index (χ3n) is 10.1. The maximum absolute atomic E-state index is 13.8. The van der Waals surface area contributed by atoms with Crippen LogP contribution in [0.2, 0.25) is 0 Å². The summed E-state index contributed by atoms with van der Waals surface area (Å²) in [5, 5.41) is 64.6. The molecule has 13 nitrogen and oxygen atoms in total. The smallest absolute Gasteiger partial charge is 0.310 e. The number of rotatable bonds is 5. The number of carbonyl (C=O) groups excluding carboxylic acids is 1. The lowest BCUT2D eigenvalue weighted by Gasteiger charge is -2.41. The number of cyclic esters (lactones) is 1. The van der Waals surface area contributed by atoms with Gasteiger partial charge in [-0.3, -0.25) is 4.79 Å². The Hall–Kier alpha value is -5.69. The molecule has 0 aromatic heterocycles. The normalized spacial score (nSPS) is 24.7. The molecule has 254 valence electrons. The summed E-state index contributed by atoms with van der Waals surface area (Å²) in [6.07, 6.45) is -2.29. The molecule has 0 radical (unpaired) electrons. The molecule has 1 saturated heterocycles. The Kier molecular flexibility index (Phi) is 7.00. The fourth-order valence-electron chi connectivity index (χ4n) is 7.88. The molecule has 4 aromatic rings. The summed E-state index contributed by atoms with van der Waals surface area (Å²) in [5.41, 5.74) is 2.78. The third kappa shape index (κ3) is 4.60. The van der Waals surface area contributed by atoms with E-state index in [-0.39, 0.29) is 71.2 Å². The summed E-state index contributed by atoms with van der Waals surface area (Å²) >= 11 is 0. The number of esters is 1. The maximum atomic E-state index is 13.8. The highest BCUT2D eigenvalue weighted by molar-refractivity contribution is 5.80. The Morgan fingerprint density at radius 1 is 0.735 bits per heavy atom. The van der Waals surface area contributed by atoms with Gasteiger partial charge >= 0.3 is 5.97 Å². The van der Waals surface area contributed by atoms with Gasteiger partial charge < -0.3 is 59.1 Å². The van der Waals surface area contributed by atoms with Crippen LogP contribution in [0, 0.1) is 11.8 Å². The van der Waals surface area contributed by atoms with Crippen LogP contribution in [0.4, 0.5) is 0 Å². The average Bonchev–Trinajstić information content (AvgIpc) is 3.71.